The van der Waals surface area contributed by atoms with Crippen LogP contribution < -0.4 is 10.5 Å². The van der Waals surface area contributed by atoms with E-state index in [-0.39, 0.29) is 11.8 Å². The van der Waals surface area contributed by atoms with E-state index in [1.165, 1.54) is 12.3 Å². The van der Waals surface area contributed by atoms with Gasteiger partial charge in [0.05, 0.1) is 11.4 Å². The monoisotopic (exact) mass is 412 g/mol. The fourth-order valence-corrected chi connectivity index (χ4v) is 3.78. The first-order valence-corrected chi connectivity index (χ1v) is 10.1. The molecular weight excluding hydrogens is 388 g/mol. The van der Waals surface area contributed by atoms with Gasteiger partial charge in [0.1, 0.15) is 11.5 Å². The van der Waals surface area contributed by atoms with E-state index in [0.29, 0.717) is 35.8 Å². The molecule has 0 saturated carbocycles. The number of carbonyl (C=O) groups is 1. The molecule has 1 amide bonds. The Morgan fingerprint density at radius 3 is 2.55 bits per heavy atom. The van der Waals surface area contributed by atoms with Gasteiger partial charge in [0, 0.05) is 42.0 Å². The Kier molecular flexibility index (Phi) is 5.80. The largest absolute Gasteiger partial charge is 0.457 e. The Morgan fingerprint density at radius 1 is 1.16 bits per heavy atom. The van der Waals surface area contributed by atoms with Crippen molar-refractivity contribution in [3.05, 3.63) is 84.6 Å². The Hall–Kier alpha value is -3.93. The van der Waals surface area contributed by atoms with Gasteiger partial charge in [0.15, 0.2) is 0 Å². The third-order valence-corrected chi connectivity index (χ3v) is 5.47. The van der Waals surface area contributed by atoms with Crippen molar-refractivity contribution in [2.45, 2.75) is 12.3 Å². The lowest BCUT2D eigenvalue weighted by Gasteiger charge is -2.17. The van der Waals surface area contributed by atoms with Gasteiger partial charge in [-0.15, -0.1) is 0 Å². The summed E-state index contributed by atoms with van der Waals surface area (Å²) in [5, 5.41) is 7.78. The molecule has 2 heterocycles. The fourth-order valence-electron chi connectivity index (χ4n) is 3.78. The third-order valence-electron chi connectivity index (χ3n) is 5.47. The lowest BCUT2D eigenvalue weighted by molar-refractivity contribution is -0.125. The molecule has 3 aromatic rings. The summed E-state index contributed by atoms with van der Waals surface area (Å²) in [5.41, 5.74) is 9.74. The smallest absolute Gasteiger partial charge is 0.245 e. The van der Waals surface area contributed by atoms with Crippen molar-refractivity contribution < 1.29 is 9.53 Å². The number of likely N-dealkylation sites (tertiary alicyclic amines) is 1. The summed E-state index contributed by atoms with van der Waals surface area (Å²) in [7, 11) is 0. The molecule has 4 rings (SSSR count). The van der Waals surface area contributed by atoms with Gasteiger partial charge in [-0.1, -0.05) is 24.8 Å². The second-order valence-electron chi connectivity index (χ2n) is 7.46. The van der Waals surface area contributed by atoms with Gasteiger partial charge in [-0.05, 0) is 55.0 Å². The van der Waals surface area contributed by atoms with Gasteiger partial charge in [-0.3, -0.25) is 9.78 Å². The lowest BCUT2D eigenvalue weighted by Crippen LogP contribution is -2.26. The van der Waals surface area contributed by atoms with E-state index >= 15 is 0 Å². The molecule has 1 saturated heterocycles. The van der Waals surface area contributed by atoms with E-state index in [2.05, 4.69) is 6.58 Å². The van der Waals surface area contributed by atoms with Crippen molar-refractivity contribution in [1.29, 1.82) is 5.41 Å². The Bertz CT molecular complexity index is 1110. The predicted octanol–water partition coefficient (Wildman–Crippen LogP) is 4.62. The summed E-state index contributed by atoms with van der Waals surface area (Å²) in [6.45, 7) is 4.82. The second-order valence-corrected chi connectivity index (χ2v) is 7.46. The van der Waals surface area contributed by atoms with Crippen molar-refractivity contribution >= 4 is 17.8 Å². The number of nitrogens with two attached hydrogens (primary N) is 1. The molecular formula is C25H24N4O2. The number of rotatable bonds is 6. The number of amides is 1. The first-order valence-electron chi connectivity index (χ1n) is 10.1. The summed E-state index contributed by atoms with van der Waals surface area (Å²) in [4.78, 5) is 18.5. The Balaban J connectivity index is 1.62. The molecule has 0 unspecified atom stereocenters. The fraction of sp³-hybridized carbons (Fsp3) is 0.160. The molecule has 31 heavy (non-hydrogen) atoms. The van der Waals surface area contributed by atoms with E-state index in [9.17, 15) is 4.79 Å². The van der Waals surface area contributed by atoms with Crippen molar-refractivity contribution in [3.8, 4) is 22.8 Å². The van der Waals surface area contributed by atoms with Crippen LogP contribution in [0.2, 0.25) is 0 Å². The van der Waals surface area contributed by atoms with Gasteiger partial charge in [0.2, 0.25) is 5.91 Å². The molecule has 1 aliphatic heterocycles. The molecule has 1 atom stereocenters. The molecule has 6 nitrogen and oxygen atoms in total. The first-order chi connectivity index (χ1) is 15.1. The third kappa shape index (κ3) is 4.33. The van der Waals surface area contributed by atoms with Crippen LogP contribution in [0.5, 0.6) is 11.5 Å². The van der Waals surface area contributed by atoms with Crippen molar-refractivity contribution in [2.75, 3.05) is 18.8 Å². The maximum atomic E-state index is 11.9. The zero-order valence-corrected chi connectivity index (χ0v) is 17.1. The SMILES string of the molecule is C=CC(=O)N1CC[C@@H](c2cc(C=N)c(N)c(-c3ccc(Oc4ccccc4)cc3)n2)C1. The first kappa shape index (κ1) is 20.3. The van der Waals surface area contributed by atoms with Crippen molar-refractivity contribution in [2.24, 2.45) is 0 Å². The van der Waals surface area contributed by atoms with Crippen LogP contribution in [0.25, 0.3) is 11.3 Å². The van der Waals surface area contributed by atoms with E-state index in [1.54, 1.807) is 4.90 Å². The number of benzene rings is 2. The molecule has 6 heteroatoms. The summed E-state index contributed by atoms with van der Waals surface area (Å²) in [5.74, 6) is 1.51. The minimum Gasteiger partial charge on any atom is -0.457 e. The highest BCUT2D eigenvalue weighted by atomic mass is 16.5. The van der Waals surface area contributed by atoms with E-state index in [4.69, 9.17) is 20.9 Å². The molecule has 0 bridgehead atoms. The molecule has 0 spiro atoms. The highest BCUT2D eigenvalue weighted by Crippen LogP contribution is 2.33. The maximum absolute atomic E-state index is 11.9. The molecule has 1 fully saturated rings. The lowest BCUT2D eigenvalue weighted by atomic mass is 9.99. The minimum atomic E-state index is -0.0700. The Morgan fingerprint density at radius 2 is 1.87 bits per heavy atom. The number of aromatic nitrogens is 1. The van der Waals surface area contributed by atoms with Crippen LogP contribution >= 0.6 is 0 Å². The number of carbonyl (C=O) groups excluding carboxylic acids is 1. The molecule has 0 aliphatic carbocycles. The topological polar surface area (TPSA) is 92.3 Å². The summed E-state index contributed by atoms with van der Waals surface area (Å²) in [6, 6.07) is 19.0. The van der Waals surface area contributed by atoms with Crippen molar-refractivity contribution in [3.63, 3.8) is 0 Å². The molecule has 1 aromatic heterocycles. The average Bonchev–Trinajstić information content (AvgIpc) is 3.30. The maximum Gasteiger partial charge on any atom is 0.245 e. The number of anilines is 1. The quantitative estimate of drug-likeness (QED) is 0.456. The molecule has 1 aliphatic rings. The molecule has 0 radical (unpaired) electrons. The average molecular weight is 412 g/mol. The normalized spacial score (nSPS) is 15.5. The molecule has 3 N–H and O–H groups in total. The van der Waals surface area contributed by atoms with Gasteiger partial charge < -0.3 is 20.8 Å². The number of nitrogens with one attached hydrogen (secondary N) is 1. The van der Waals surface area contributed by atoms with E-state index in [0.717, 1.165) is 23.4 Å². The standard InChI is InChI=1S/C25H24N4O2/c1-2-23(30)29-13-12-18(16-29)22-14-19(15-26)24(27)25(28-22)17-8-10-21(11-9-17)31-20-6-4-3-5-7-20/h2-11,14-15,18,26H,1,12-13,16,27H2/t18-/m1/s1. The number of hydrogen-bond acceptors (Lipinski definition) is 5. The van der Waals surface area contributed by atoms with Crippen LogP contribution in [-0.2, 0) is 4.79 Å². The van der Waals surface area contributed by atoms with Crippen LogP contribution in [0, 0.1) is 5.41 Å². The highest BCUT2D eigenvalue weighted by molar-refractivity contribution is 5.91. The second kappa shape index (κ2) is 8.83. The Labute approximate surface area is 181 Å². The summed E-state index contributed by atoms with van der Waals surface area (Å²) < 4.78 is 5.86. The minimum absolute atomic E-state index is 0.0700. The van der Waals surface area contributed by atoms with Crippen molar-refractivity contribution in [1.82, 2.24) is 9.88 Å². The molecule has 156 valence electrons. The van der Waals surface area contributed by atoms with E-state index < -0.39 is 0 Å². The zero-order chi connectivity index (χ0) is 21.8. The zero-order valence-electron chi connectivity index (χ0n) is 17.1. The highest BCUT2D eigenvalue weighted by Gasteiger charge is 2.28. The van der Waals surface area contributed by atoms with Crippen LogP contribution in [-0.4, -0.2) is 35.1 Å². The number of pyridine rings is 1. The summed E-state index contributed by atoms with van der Waals surface area (Å²) in [6.07, 6.45) is 3.40. The van der Waals surface area contributed by atoms with Crippen LogP contribution in [0.15, 0.2) is 73.3 Å². The number of nitrogen functional groups attached to an aromatic ring is 1. The van der Waals surface area contributed by atoms with Crippen LogP contribution in [0.3, 0.4) is 0 Å². The van der Waals surface area contributed by atoms with Crippen LogP contribution in [0.4, 0.5) is 5.69 Å². The summed E-state index contributed by atoms with van der Waals surface area (Å²) >= 11 is 0. The number of nitrogens with zero attached hydrogens (tertiary/aromatic N) is 2. The van der Waals surface area contributed by atoms with Crippen LogP contribution in [0.1, 0.15) is 23.6 Å². The van der Waals surface area contributed by atoms with Gasteiger partial charge >= 0.3 is 0 Å². The van der Waals surface area contributed by atoms with Gasteiger partial charge in [-0.2, -0.15) is 0 Å². The van der Waals surface area contributed by atoms with Gasteiger partial charge in [0.25, 0.3) is 0 Å². The van der Waals surface area contributed by atoms with E-state index in [1.807, 2.05) is 60.7 Å². The number of ether oxygens (including phenoxy) is 1. The predicted molar refractivity (Wildman–Crippen MR) is 123 cm³/mol. The number of para-hydroxylation sites is 1. The molecule has 2 aromatic carbocycles. The number of hydrogen-bond donors (Lipinski definition) is 2. The van der Waals surface area contributed by atoms with Gasteiger partial charge in [-0.25, -0.2) is 0 Å².